The molecule has 29 heavy (non-hydrogen) atoms. The first kappa shape index (κ1) is 21.9. The van der Waals surface area contributed by atoms with Crippen LogP contribution in [0.4, 0.5) is 0 Å². The van der Waals surface area contributed by atoms with Crippen molar-refractivity contribution in [3.05, 3.63) is 44.9 Å². The van der Waals surface area contributed by atoms with Crippen LogP contribution in [0.2, 0.25) is 0 Å². The molecule has 1 aromatic heterocycles. The molecule has 1 aliphatic heterocycles. The summed E-state index contributed by atoms with van der Waals surface area (Å²) in [4.78, 5) is 17.2. The van der Waals surface area contributed by atoms with Gasteiger partial charge in [-0.25, -0.2) is 13.4 Å². The van der Waals surface area contributed by atoms with Crippen molar-refractivity contribution in [2.45, 2.75) is 51.9 Å². The first-order valence-corrected chi connectivity index (χ1v) is 12.3. The molecule has 0 spiro atoms. The molecule has 0 saturated carbocycles. The number of benzene rings is 1. The number of nitrogens with zero attached hydrogens (tertiary/aromatic N) is 2. The normalized spacial score (nSPS) is 16.1. The molecule has 1 N–H and O–H groups in total. The SMILES string of the molecule is Cc1nc(CCNC(=O)C2CCN(S(=O)(=O)c3cc(C)c(C)cc3C)CC2)cs1. The highest BCUT2D eigenvalue weighted by atomic mass is 32.2. The number of piperidine rings is 1. The maximum absolute atomic E-state index is 13.1. The molecule has 1 saturated heterocycles. The molecule has 1 aromatic carbocycles. The van der Waals surface area contributed by atoms with Crippen LogP contribution in [-0.4, -0.2) is 43.2 Å². The summed E-state index contributed by atoms with van der Waals surface area (Å²) in [6.45, 7) is 9.02. The van der Waals surface area contributed by atoms with E-state index >= 15 is 0 Å². The van der Waals surface area contributed by atoms with Crippen molar-refractivity contribution >= 4 is 27.3 Å². The summed E-state index contributed by atoms with van der Waals surface area (Å²) in [6, 6.07) is 3.69. The third-order valence-corrected chi connectivity index (χ3v) is 8.44. The van der Waals surface area contributed by atoms with Gasteiger partial charge in [-0.15, -0.1) is 11.3 Å². The van der Waals surface area contributed by atoms with E-state index in [4.69, 9.17) is 0 Å². The molecule has 2 aromatic rings. The molecule has 0 aliphatic carbocycles. The number of aryl methyl sites for hydroxylation is 4. The number of nitrogens with one attached hydrogen (secondary N) is 1. The van der Waals surface area contributed by atoms with Gasteiger partial charge in [-0.2, -0.15) is 4.31 Å². The Morgan fingerprint density at radius 3 is 2.41 bits per heavy atom. The number of hydrogen-bond acceptors (Lipinski definition) is 5. The monoisotopic (exact) mass is 435 g/mol. The highest BCUT2D eigenvalue weighted by molar-refractivity contribution is 7.89. The Balaban J connectivity index is 1.55. The number of sulfonamides is 1. The van der Waals surface area contributed by atoms with Crippen LogP contribution < -0.4 is 5.32 Å². The number of rotatable bonds is 6. The van der Waals surface area contributed by atoms with Gasteiger partial charge >= 0.3 is 0 Å². The van der Waals surface area contributed by atoms with Gasteiger partial charge in [-0.05, 0) is 63.3 Å². The zero-order valence-electron chi connectivity index (χ0n) is 17.5. The number of aromatic nitrogens is 1. The second kappa shape index (κ2) is 8.93. The number of carbonyl (C=O) groups excluding carboxylic acids is 1. The number of thiazole rings is 1. The summed E-state index contributed by atoms with van der Waals surface area (Å²) >= 11 is 1.61. The molecule has 0 radical (unpaired) electrons. The molecule has 0 unspecified atom stereocenters. The van der Waals surface area contributed by atoms with Crippen LogP contribution >= 0.6 is 11.3 Å². The second-order valence-corrected chi connectivity index (χ2v) is 10.7. The lowest BCUT2D eigenvalue weighted by Crippen LogP contribution is -2.43. The fraction of sp³-hybridized carbons (Fsp3) is 0.524. The van der Waals surface area contributed by atoms with Crippen molar-refractivity contribution in [3.8, 4) is 0 Å². The molecule has 1 aliphatic rings. The van der Waals surface area contributed by atoms with Gasteiger partial charge in [0.05, 0.1) is 15.6 Å². The molecule has 1 amide bonds. The Kier molecular flexibility index (Phi) is 6.76. The Hall–Kier alpha value is -1.77. The predicted molar refractivity (Wildman–Crippen MR) is 116 cm³/mol. The van der Waals surface area contributed by atoms with E-state index in [1.807, 2.05) is 39.1 Å². The van der Waals surface area contributed by atoms with Gasteiger partial charge in [-0.3, -0.25) is 4.79 Å². The molecule has 6 nitrogen and oxygen atoms in total. The van der Waals surface area contributed by atoms with E-state index in [-0.39, 0.29) is 11.8 Å². The van der Waals surface area contributed by atoms with E-state index in [1.165, 1.54) is 4.31 Å². The quantitative estimate of drug-likeness (QED) is 0.756. The molecular formula is C21H29N3O3S2. The third-order valence-electron chi connectivity index (χ3n) is 5.58. The minimum absolute atomic E-state index is 0.0105. The van der Waals surface area contributed by atoms with Crippen molar-refractivity contribution in [3.63, 3.8) is 0 Å². The summed E-state index contributed by atoms with van der Waals surface area (Å²) in [7, 11) is -3.54. The first-order valence-electron chi connectivity index (χ1n) is 9.95. The van der Waals surface area contributed by atoms with E-state index in [0.29, 0.717) is 37.4 Å². The van der Waals surface area contributed by atoms with Crippen LogP contribution in [0.3, 0.4) is 0 Å². The minimum atomic E-state index is -3.54. The first-order chi connectivity index (χ1) is 13.7. The topological polar surface area (TPSA) is 79.4 Å². The van der Waals surface area contributed by atoms with Crippen LogP contribution in [0, 0.1) is 33.6 Å². The molecule has 2 heterocycles. The van der Waals surface area contributed by atoms with Gasteiger partial charge in [0.2, 0.25) is 15.9 Å². The fourth-order valence-electron chi connectivity index (χ4n) is 3.69. The summed E-state index contributed by atoms with van der Waals surface area (Å²) in [5, 5.41) is 6.02. The standard InChI is InChI=1S/C21H29N3O3S2/c1-14-11-16(3)20(12-15(14)2)29(26,27)24-9-6-18(7-10-24)21(25)22-8-5-19-13-28-17(4)23-19/h11-13,18H,5-10H2,1-4H3,(H,22,25). The number of hydrogen-bond donors (Lipinski definition) is 1. The maximum Gasteiger partial charge on any atom is 0.243 e. The highest BCUT2D eigenvalue weighted by Crippen LogP contribution is 2.27. The van der Waals surface area contributed by atoms with E-state index in [0.717, 1.165) is 33.8 Å². The van der Waals surface area contributed by atoms with E-state index in [9.17, 15) is 13.2 Å². The third kappa shape index (κ3) is 5.05. The van der Waals surface area contributed by atoms with Gasteiger partial charge in [-0.1, -0.05) is 6.07 Å². The Morgan fingerprint density at radius 1 is 1.14 bits per heavy atom. The fourth-order valence-corrected chi connectivity index (χ4v) is 6.10. The summed E-state index contributed by atoms with van der Waals surface area (Å²) in [5.74, 6) is -0.129. The van der Waals surface area contributed by atoms with Crippen LogP contribution in [-0.2, 0) is 21.2 Å². The van der Waals surface area contributed by atoms with Crippen molar-refractivity contribution in [1.82, 2.24) is 14.6 Å². The largest absolute Gasteiger partial charge is 0.355 e. The zero-order chi connectivity index (χ0) is 21.2. The van der Waals surface area contributed by atoms with E-state index in [2.05, 4.69) is 10.3 Å². The average molecular weight is 436 g/mol. The van der Waals surface area contributed by atoms with Crippen LogP contribution in [0.25, 0.3) is 0 Å². The smallest absolute Gasteiger partial charge is 0.243 e. The molecular weight excluding hydrogens is 406 g/mol. The van der Waals surface area contributed by atoms with Gasteiger partial charge in [0, 0.05) is 37.4 Å². The van der Waals surface area contributed by atoms with Crippen molar-refractivity contribution in [2.75, 3.05) is 19.6 Å². The maximum atomic E-state index is 13.1. The van der Waals surface area contributed by atoms with Crippen LogP contribution in [0.1, 0.15) is 40.2 Å². The van der Waals surface area contributed by atoms with Crippen molar-refractivity contribution < 1.29 is 13.2 Å². The predicted octanol–water partition coefficient (Wildman–Crippen LogP) is 3.14. The lowest BCUT2D eigenvalue weighted by atomic mass is 9.97. The van der Waals surface area contributed by atoms with Gasteiger partial charge in [0.1, 0.15) is 0 Å². The Bertz CT molecular complexity index is 991. The molecule has 3 rings (SSSR count). The van der Waals surface area contributed by atoms with Gasteiger partial charge in [0.15, 0.2) is 0 Å². The average Bonchev–Trinajstić information content (AvgIpc) is 3.09. The van der Waals surface area contributed by atoms with E-state index in [1.54, 1.807) is 17.4 Å². The van der Waals surface area contributed by atoms with Crippen molar-refractivity contribution in [2.24, 2.45) is 5.92 Å². The Labute approximate surface area is 177 Å². The molecule has 8 heteroatoms. The molecule has 158 valence electrons. The molecule has 1 fully saturated rings. The number of amides is 1. The number of carbonyl (C=O) groups is 1. The molecule has 0 bridgehead atoms. The summed E-state index contributed by atoms with van der Waals surface area (Å²) in [5.41, 5.74) is 3.83. The minimum Gasteiger partial charge on any atom is -0.355 e. The van der Waals surface area contributed by atoms with Crippen LogP contribution in [0.15, 0.2) is 22.4 Å². The lowest BCUT2D eigenvalue weighted by Gasteiger charge is -2.31. The van der Waals surface area contributed by atoms with Gasteiger partial charge < -0.3 is 5.32 Å². The molecule has 0 atom stereocenters. The van der Waals surface area contributed by atoms with Crippen LogP contribution in [0.5, 0.6) is 0 Å². The Morgan fingerprint density at radius 2 is 1.79 bits per heavy atom. The highest BCUT2D eigenvalue weighted by Gasteiger charge is 2.32. The second-order valence-electron chi connectivity index (χ2n) is 7.78. The summed E-state index contributed by atoms with van der Waals surface area (Å²) in [6.07, 6.45) is 1.81. The van der Waals surface area contributed by atoms with Crippen molar-refractivity contribution in [1.29, 1.82) is 0 Å². The zero-order valence-corrected chi connectivity index (χ0v) is 19.1. The summed E-state index contributed by atoms with van der Waals surface area (Å²) < 4.78 is 27.7. The lowest BCUT2D eigenvalue weighted by molar-refractivity contribution is -0.126. The van der Waals surface area contributed by atoms with Gasteiger partial charge in [0.25, 0.3) is 0 Å². The van der Waals surface area contributed by atoms with E-state index < -0.39 is 10.0 Å².